The van der Waals surface area contributed by atoms with E-state index in [-0.39, 0.29) is 5.91 Å². The van der Waals surface area contributed by atoms with Crippen molar-refractivity contribution in [1.29, 1.82) is 0 Å². The van der Waals surface area contributed by atoms with Crippen LogP contribution >= 0.6 is 0 Å². The van der Waals surface area contributed by atoms with Crippen LogP contribution in [-0.4, -0.2) is 56.7 Å². The third kappa shape index (κ3) is 3.39. The molecule has 1 amide bonds. The van der Waals surface area contributed by atoms with Crippen LogP contribution < -0.4 is 5.32 Å². The molecule has 3 rings (SSSR count). The number of carbonyl (C=O) groups is 1. The fourth-order valence-electron chi connectivity index (χ4n) is 3.10. The van der Waals surface area contributed by atoms with Crippen molar-refractivity contribution in [3.05, 3.63) is 35.7 Å². The molecule has 0 radical (unpaired) electrons. The number of rotatable bonds is 5. The van der Waals surface area contributed by atoms with Gasteiger partial charge in [-0.3, -0.25) is 9.69 Å². The predicted octanol–water partition coefficient (Wildman–Crippen LogP) is 1.18. The van der Waals surface area contributed by atoms with Crippen molar-refractivity contribution in [2.45, 2.75) is 32.7 Å². The molecule has 1 atom stereocenters. The summed E-state index contributed by atoms with van der Waals surface area (Å²) in [7, 11) is 0. The lowest BCUT2D eigenvalue weighted by Gasteiger charge is -2.22. The standard InChI is InChI=1S/C16H22N6O/c1-3-21-9-5-8-15(21)11-17-16(23)13-6-4-7-14(10-13)22-12(2)18-19-20-22/h4,6-7,10,15H,3,5,8-9,11H2,1-2H3,(H,17,23)/t15-/m1/s1. The highest BCUT2D eigenvalue weighted by atomic mass is 16.1. The molecule has 122 valence electrons. The van der Waals surface area contributed by atoms with Gasteiger partial charge >= 0.3 is 0 Å². The van der Waals surface area contributed by atoms with E-state index in [1.54, 1.807) is 4.68 Å². The van der Waals surface area contributed by atoms with Crippen LogP contribution in [0.25, 0.3) is 5.69 Å². The molecule has 1 aromatic carbocycles. The summed E-state index contributed by atoms with van der Waals surface area (Å²) in [5.74, 6) is 0.632. The van der Waals surface area contributed by atoms with Gasteiger partial charge in [0.15, 0.2) is 5.82 Å². The minimum Gasteiger partial charge on any atom is -0.350 e. The zero-order valence-corrected chi connectivity index (χ0v) is 13.6. The maximum atomic E-state index is 12.4. The Labute approximate surface area is 135 Å². The van der Waals surface area contributed by atoms with Gasteiger partial charge < -0.3 is 5.32 Å². The first-order valence-corrected chi connectivity index (χ1v) is 8.06. The quantitative estimate of drug-likeness (QED) is 0.897. The number of tetrazole rings is 1. The molecule has 0 saturated carbocycles. The molecule has 1 aliphatic rings. The number of nitrogens with one attached hydrogen (secondary N) is 1. The zero-order chi connectivity index (χ0) is 16.2. The van der Waals surface area contributed by atoms with Crippen molar-refractivity contribution in [2.75, 3.05) is 19.6 Å². The molecule has 1 fully saturated rings. The van der Waals surface area contributed by atoms with Crippen molar-refractivity contribution in [3.8, 4) is 5.69 Å². The van der Waals surface area contributed by atoms with Gasteiger partial charge in [-0.25, -0.2) is 0 Å². The Balaban J connectivity index is 1.67. The van der Waals surface area contributed by atoms with Crippen molar-refractivity contribution < 1.29 is 4.79 Å². The van der Waals surface area contributed by atoms with E-state index >= 15 is 0 Å². The monoisotopic (exact) mass is 314 g/mol. The van der Waals surface area contributed by atoms with Gasteiger partial charge in [-0.15, -0.1) is 5.10 Å². The van der Waals surface area contributed by atoms with Crippen LogP contribution in [0.4, 0.5) is 0 Å². The van der Waals surface area contributed by atoms with Crippen molar-refractivity contribution >= 4 is 5.91 Å². The van der Waals surface area contributed by atoms with Crippen LogP contribution in [0.2, 0.25) is 0 Å². The van der Waals surface area contributed by atoms with E-state index in [2.05, 4.69) is 32.7 Å². The topological polar surface area (TPSA) is 75.9 Å². The summed E-state index contributed by atoms with van der Waals surface area (Å²) in [4.78, 5) is 14.8. The average Bonchev–Trinajstić information content (AvgIpc) is 3.21. The van der Waals surface area contributed by atoms with Gasteiger partial charge in [0.1, 0.15) is 0 Å². The SMILES string of the molecule is CCN1CCC[C@@H]1CNC(=O)c1cccc(-n2nnnc2C)c1. The first-order chi connectivity index (χ1) is 11.2. The Morgan fingerprint density at radius 2 is 2.30 bits per heavy atom. The molecule has 2 aromatic rings. The minimum atomic E-state index is -0.0551. The molecule has 0 spiro atoms. The molecule has 2 heterocycles. The van der Waals surface area contributed by atoms with Crippen LogP contribution in [0, 0.1) is 6.92 Å². The first-order valence-electron chi connectivity index (χ1n) is 8.06. The summed E-state index contributed by atoms with van der Waals surface area (Å²) >= 11 is 0. The summed E-state index contributed by atoms with van der Waals surface area (Å²) in [6, 6.07) is 7.80. The Hall–Kier alpha value is -2.28. The maximum Gasteiger partial charge on any atom is 0.251 e. The Morgan fingerprint density at radius 3 is 3.04 bits per heavy atom. The van der Waals surface area contributed by atoms with Crippen LogP contribution in [0.1, 0.15) is 35.9 Å². The molecule has 0 unspecified atom stereocenters. The van der Waals surface area contributed by atoms with Crippen LogP contribution in [0.5, 0.6) is 0 Å². The van der Waals surface area contributed by atoms with Gasteiger partial charge in [-0.2, -0.15) is 4.68 Å². The number of nitrogens with zero attached hydrogens (tertiary/aromatic N) is 5. The lowest BCUT2D eigenvalue weighted by molar-refractivity contribution is 0.0941. The molecule has 7 heteroatoms. The van der Waals surface area contributed by atoms with Gasteiger partial charge in [0, 0.05) is 18.2 Å². The largest absolute Gasteiger partial charge is 0.350 e. The number of likely N-dealkylation sites (N-methyl/N-ethyl adjacent to an activating group) is 1. The third-order valence-corrected chi connectivity index (χ3v) is 4.38. The molecule has 1 N–H and O–H groups in total. The van der Waals surface area contributed by atoms with E-state index in [0.29, 0.717) is 24.0 Å². The molecular formula is C16H22N6O. The highest BCUT2D eigenvalue weighted by molar-refractivity contribution is 5.94. The number of hydrogen-bond donors (Lipinski definition) is 1. The number of benzene rings is 1. The molecule has 0 aliphatic carbocycles. The molecule has 1 saturated heterocycles. The number of aryl methyl sites for hydroxylation is 1. The van der Waals surface area contributed by atoms with Crippen LogP contribution in [-0.2, 0) is 0 Å². The van der Waals surface area contributed by atoms with Crippen LogP contribution in [0.3, 0.4) is 0 Å². The fourth-order valence-corrected chi connectivity index (χ4v) is 3.10. The van der Waals surface area contributed by atoms with E-state index in [4.69, 9.17) is 0 Å². The van der Waals surface area contributed by atoms with Crippen molar-refractivity contribution in [3.63, 3.8) is 0 Å². The fraction of sp³-hybridized carbons (Fsp3) is 0.500. The second kappa shape index (κ2) is 6.87. The maximum absolute atomic E-state index is 12.4. The minimum absolute atomic E-state index is 0.0551. The summed E-state index contributed by atoms with van der Waals surface area (Å²) in [5.41, 5.74) is 1.41. The number of likely N-dealkylation sites (tertiary alicyclic amines) is 1. The third-order valence-electron chi connectivity index (χ3n) is 4.38. The van der Waals surface area contributed by atoms with Gasteiger partial charge in [-0.1, -0.05) is 13.0 Å². The Kier molecular flexibility index (Phi) is 4.66. The predicted molar refractivity (Wildman–Crippen MR) is 86.5 cm³/mol. The van der Waals surface area contributed by atoms with Crippen molar-refractivity contribution in [1.82, 2.24) is 30.4 Å². The molecular weight excluding hydrogens is 292 g/mol. The summed E-state index contributed by atoms with van der Waals surface area (Å²) < 4.78 is 1.62. The van der Waals surface area contributed by atoms with Gasteiger partial charge in [0.05, 0.1) is 5.69 Å². The average molecular weight is 314 g/mol. The zero-order valence-electron chi connectivity index (χ0n) is 13.6. The highest BCUT2D eigenvalue weighted by Gasteiger charge is 2.23. The Bertz CT molecular complexity index is 683. The lowest BCUT2D eigenvalue weighted by atomic mass is 10.1. The summed E-state index contributed by atoms with van der Waals surface area (Å²) in [6.45, 7) is 6.85. The number of carbonyl (C=O) groups excluding carboxylic acids is 1. The molecule has 7 nitrogen and oxygen atoms in total. The summed E-state index contributed by atoms with van der Waals surface area (Å²) in [5, 5.41) is 14.5. The highest BCUT2D eigenvalue weighted by Crippen LogP contribution is 2.16. The van der Waals surface area contributed by atoms with Gasteiger partial charge in [-0.05, 0) is 61.5 Å². The van der Waals surface area contributed by atoms with E-state index < -0.39 is 0 Å². The molecule has 0 bridgehead atoms. The number of hydrogen-bond acceptors (Lipinski definition) is 5. The molecule has 23 heavy (non-hydrogen) atoms. The van der Waals surface area contributed by atoms with Gasteiger partial charge in [0.2, 0.25) is 0 Å². The van der Waals surface area contributed by atoms with Gasteiger partial charge in [0.25, 0.3) is 5.91 Å². The van der Waals surface area contributed by atoms with E-state index in [9.17, 15) is 4.79 Å². The summed E-state index contributed by atoms with van der Waals surface area (Å²) in [6.07, 6.45) is 2.36. The first kappa shape index (κ1) is 15.6. The second-order valence-electron chi connectivity index (χ2n) is 5.82. The van der Waals surface area contributed by atoms with Crippen LogP contribution in [0.15, 0.2) is 24.3 Å². The van der Waals surface area contributed by atoms with Crippen molar-refractivity contribution in [2.24, 2.45) is 0 Å². The van der Waals surface area contributed by atoms with E-state index in [1.165, 1.54) is 6.42 Å². The smallest absolute Gasteiger partial charge is 0.251 e. The second-order valence-corrected chi connectivity index (χ2v) is 5.82. The molecule has 1 aliphatic heterocycles. The normalized spacial score (nSPS) is 18.3. The van der Waals surface area contributed by atoms with E-state index in [1.807, 2.05) is 31.2 Å². The van der Waals surface area contributed by atoms with E-state index in [0.717, 1.165) is 25.2 Å². The molecule has 1 aromatic heterocycles. The Morgan fingerprint density at radius 1 is 1.43 bits per heavy atom. The lowest BCUT2D eigenvalue weighted by Crippen LogP contribution is -2.40. The number of aromatic nitrogens is 4. The number of amides is 1.